The van der Waals surface area contributed by atoms with E-state index in [0.717, 1.165) is 0 Å². The second-order valence-electron chi connectivity index (χ2n) is 3.44. The molecule has 100 valence electrons. The third kappa shape index (κ3) is 2.60. The molecule has 0 amide bonds. The minimum atomic E-state index is -4.73. The Morgan fingerprint density at radius 1 is 1.42 bits per heavy atom. The summed E-state index contributed by atoms with van der Waals surface area (Å²) >= 11 is 3.08. The molecule has 0 saturated carbocycles. The van der Waals surface area contributed by atoms with Crippen molar-refractivity contribution >= 4 is 21.9 Å². The summed E-state index contributed by atoms with van der Waals surface area (Å²) in [5.41, 5.74) is -1.91. The number of pyridine rings is 1. The molecular formula is C10H5BrF3N3O2. The lowest BCUT2D eigenvalue weighted by atomic mass is 10.3. The van der Waals surface area contributed by atoms with E-state index in [1.807, 2.05) is 0 Å². The lowest BCUT2D eigenvalue weighted by molar-refractivity contribution is -0.141. The number of hydrogen-bond donors (Lipinski definition) is 1. The fraction of sp³-hybridized carbons (Fsp3) is 0.100. The van der Waals surface area contributed by atoms with E-state index in [1.54, 1.807) is 6.07 Å². The van der Waals surface area contributed by atoms with Crippen molar-refractivity contribution in [3.8, 4) is 5.82 Å². The number of aromatic nitrogens is 3. The molecule has 0 aliphatic carbocycles. The molecule has 2 aromatic heterocycles. The van der Waals surface area contributed by atoms with Gasteiger partial charge in [-0.25, -0.2) is 14.5 Å². The quantitative estimate of drug-likeness (QED) is 0.916. The fourth-order valence-corrected chi connectivity index (χ4v) is 1.79. The van der Waals surface area contributed by atoms with Gasteiger partial charge < -0.3 is 5.11 Å². The maximum absolute atomic E-state index is 12.6. The molecule has 2 rings (SSSR count). The van der Waals surface area contributed by atoms with Crippen molar-refractivity contribution in [2.75, 3.05) is 0 Å². The Labute approximate surface area is 112 Å². The molecule has 0 radical (unpaired) electrons. The Balaban J connectivity index is 2.66. The van der Waals surface area contributed by atoms with Gasteiger partial charge in [0.15, 0.2) is 17.2 Å². The van der Waals surface area contributed by atoms with E-state index < -0.39 is 23.5 Å². The largest absolute Gasteiger partial charge is 0.477 e. The molecule has 2 heterocycles. The van der Waals surface area contributed by atoms with E-state index in [9.17, 15) is 18.0 Å². The molecule has 0 unspecified atom stereocenters. The van der Waals surface area contributed by atoms with E-state index in [-0.39, 0.29) is 5.82 Å². The first kappa shape index (κ1) is 13.5. The van der Waals surface area contributed by atoms with Crippen LogP contribution in [0.3, 0.4) is 0 Å². The number of carboxylic acids is 1. The second kappa shape index (κ2) is 4.65. The molecule has 0 bridgehead atoms. The van der Waals surface area contributed by atoms with Gasteiger partial charge in [-0.3, -0.25) is 0 Å². The third-order valence-electron chi connectivity index (χ3n) is 2.16. The summed E-state index contributed by atoms with van der Waals surface area (Å²) < 4.78 is 38.6. The summed E-state index contributed by atoms with van der Waals surface area (Å²) in [6.45, 7) is 0. The first-order valence-electron chi connectivity index (χ1n) is 4.82. The topological polar surface area (TPSA) is 68.0 Å². The molecule has 5 nitrogen and oxygen atoms in total. The number of carboxylic acid groups (broad SMARTS) is 1. The zero-order chi connectivity index (χ0) is 14.2. The predicted molar refractivity (Wildman–Crippen MR) is 61.0 cm³/mol. The molecule has 19 heavy (non-hydrogen) atoms. The molecule has 0 aliphatic rings. The third-order valence-corrected chi connectivity index (χ3v) is 2.78. The number of nitrogens with zero attached hydrogens (tertiary/aromatic N) is 3. The summed E-state index contributed by atoms with van der Waals surface area (Å²) in [6.07, 6.45) is -3.41. The van der Waals surface area contributed by atoms with Gasteiger partial charge in [0, 0.05) is 12.3 Å². The molecule has 0 aliphatic heterocycles. The van der Waals surface area contributed by atoms with Gasteiger partial charge in [-0.05, 0) is 28.1 Å². The fourth-order valence-electron chi connectivity index (χ4n) is 1.37. The van der Waals surface area contributed by atoms with Crippen molar-refractivity contribution in [3.63, 3.8) is 0 Å². The van der Waals surface area contributed by atoms with Crippen LogP contribution >= 0.6 is 15.9 Å². The molecule has 2 aromatic rings. The number of aromatic carboxylic acids is 1. The first-order chi connectivity index (χ1) is 8.80. The van der Waals surface area contributed by atoms with Crippen molar-refractivity contribution in [2.24, 2.45) is 0 Å². The average Bonchev–Trinajstić information content (AvgIpc) is 2.74. The van der Waals surface area contributed by atoms with Crippen molar-refractivity contribution in [2.45, 2.75) is 6.18 Å². The lowest BCUT2D eigenvalue weighted by Crippen LogP contribution is -2.11. The summed E-state index contributed by atoms with van der Waals surface area (Å²) in [4.78, 5) is 14.8. The number of carbonyl (C=O) groups is 1. The SMILES string of the molecule is O=C(O)c1cc(C(F)(F)F)nn1-c1ncccc1Br. The maximum atomic E-state index is 12.6. The summed E-state index contributed by atoms with van der Waals surface area (Å²) in [5, 5.41) is 12.2. The van der Waals surface area contributed by atoms with Crippen LogP contribution in [-0.4, -0.2) is 25.8 Å². The van der Waals surface area contributed by atoms with E-state index in [4.69, 9.17) is 5.11 Å². The van der Waals surface area contributed by atoms with Crippen LogP contribution in [0.4, 0.5) is 13.2 Å². The van der Waals surface area contributed by atoms with Crippen LogP contribution in [0.5, 0.6) is 0 Å². The number of alkyl halides is 3. The molecule has 0 saturated heterocycles. The first-order valence-corrected chi connectivity index (χ1v) is 5.61. The molecule has 0 aromatic carbocycles. The Kier molecular flexibility index (Phi) is 3.31. The summed E-state index contributed by atoms with van der Waals surface area (Å²) in [7, 11) is 0. The molecule has 0 spiro atoms. The van der Waals surface area contributed by atoms with Crippen LogP contribution in [0.1, 0.15) is 16.2 Å². The Hall–Kier alpha value is -1.90. The minimum Gasteiger partial charge on any atom is -0.477 e. The number of rotatable bonds is 2. The standard InChI is InChI=1S/C10H5BrF3N3O2/c11-5-2-1-3-15-8(5)17-6(9(18)19)4-7(16-17)10(12,13)14/h1-4H,(H,18,19). The van der Waals surface area contributed by atoms with Gasteiger partial charge in [0.05, 0.1) is 4.47 Å². The average molecular weight is 336 g/mol. The van der Waals surface area contributed by atoms with E-state index in [1.165, 1.54) is 12.3 Å². The van der Waals surface area contributed by atoms with Crippen LogP contribution in [0, 0.1) is 0 Å². The van der Waals surface area contributed by atoms with Gasteiger partial charge in [-0.15, -0.1) is 0 Å². The highest BCUT2D eigenvalue weighted by Gasteiger charge is 2.36. The van der Waals surface area contributed by atoms with Gasteiger partial charge in [0.1, 0.15) is 0 Å². The molecule has 9 heteroatoms. The highest BCUT2D eigenvalue weighted by molar-refractivity contribution is 9.10. The van der Waals surface area contributed by atoms with Crippen molar-refractivity contribution < 1.29 is 23.1 Å². The van der Waals surface area contributed by atoms with E-state index in [2.05, 4.69) is 26.0 Å². The van der Waals surface area contributed by atoms with E-state index in [0.29, 0.717) is 15.2 Å². The van der Waals surface area contributed by atoms with Gasteiger partial charge >= 0.3 is 12.1 Å². The molecular weight excluding hydrogens is 331 g/mol. The monoisotopic (exact) mass is 335 g/mol. The van der Waals surface area contributed by atoms with Gasteiger partial charge in [-0.2, -0.15) is 18.3 Å². The minimum absolute atomic E-state index is 0.0320. The summed E-state index contributed by atoms with van der Waals surface area (Å²) in [5.74, 6) is -1.56. The van der Waals surface area contributed by atoms with Crippen LogP contribution in [0.15, 0.2) is 28.9 Å². The Morgan fingerprint density at radius 2 is 2.11 bits per heavy atom. The maximum Gasteiger partial charge on any atom is 0.435 e. The second-order valence-corrected chi connectivity index (χ2v) is 4.29. The van der Waals surface area contributed by atoms with Crippen molar-refractivity contribution in [1.29, 1.82) is 0 Å². The number of halogens is 4. The van der Waals surface area contributed by atoms with E-state index >= 15 is 0 Å². The molecule has 0 fully saturated rings. The van der Waals surface area contributed by atoms with Crippen LogP contribution in [0.2, 0.25) is 0 Å². The number of hydrogen-bond acceptors (Lipinski definition) is 3. The van der Waals surface area contributed by atoms with Gasteiger partial charge in [0.2, 0.25) is 0 Å². The highest BCUT2D eigenvalue weighted by Crippen LogP contribution is 2.30. The molecule has 0 atom stereocenters. The predicted octanol–water partition coefficient (Wildman–Crippen LogP) is 2.75. The van der Waals surface area contributed by atoms with Crippen molar-refractivity contribution in [1.82, 2.24) is 14.8 Å². The highest BCUT2D eigenvalue weighted by atomic mass is 79.9. The lowest BCUT2D eigenvalue weighted by Gasteiger charge is -2.05. The van der Waals surface area contributed by atoms with Crippen LogP contribution < -0.4 is 0 Å². The van der Waals surface area contributed by atoms with Crippen LogP contribution in [-0.2, 0) is 6.18 Å². The smallest absolute Gasteiger partial charge is 0.435 e. The summed E-state index contributed by atoms with van der Waals surface area (Å²) in [6, 6.07) is 3.52. The van der Waals surface area contributed by atoms with Gasteiger partial charge in [0.25, 0.3) is 0 Å². The van der Waals surface area contributed by atoms with Gasteiger partial charge in [-0.1, -0.05) is 0 Å². The van der Waals surface area contributed by atoms with Crippen LogP contribution in [0.25, 0.3) is 5.82 Å². The Morgan fingerprint density at radius 3 is 2.63 bits per heavy atom. The zero-order valence-corrected chi connectivity index (χ0v) is 10.6. The molecule has 1 N–H and O–H groups in total. The zero-order valence-electron chi connectivity index (χ0n) is 9.02. The van der Waals surface area contributed by atoms with Crippen molar-refractivity contribution in [3.05, 3.63) is 40.3 Å². The normalized spacial score (nSPS) is 11.6. The Bertz CT molecular complexity index is 639.